The minimum absolute atomic E-state index is 0.258. The predicted molar refractivity (Wildman–Crippen MR) is 55.6 cm³/mol. The number of carbonyl (C=O) groups excluding carboxylic acids is 1. The maximum absolute atomic E-state index is 11.2. The second-order valence-electron chi connectivity index (χ2n) is 3.57. The van der Waals surface area contributed by atoms with Gasteiger partial charge in [0.15, 0.2) is 5.78 Å². The first kappa shape index (κ1) is 10.2. The Morgan fingerprint density at radius 2 is 2.38 bits per heavy atom. The molecule has 0 saturated carbocycles. The average Bonchev–Trinajstić information content (AvgIpc) is 2.17. The minimum Gasteiger partial charge on any atom is -0.295 e. The van der Waals surface area contributed by atoms with Crippen LogP contribution in [0.2, 0.25) is 0 Å². The molecule has 0 saturated heterocycles. The fourth-order valence-corrected chi connectivity index (χ4v) is 1.54. The molecule has 0 aromatic heterocycles. The van der Waals surface area contributed by atoms with E-state index in [1.807, 2.05) is 13.0 Å². The largest absolute Gasteiger partial charge is 0.295 e. The lowest BCUT2D eigenvalue weighted by molar-refractivity contribution is -0.114. The third-order valence-electron chi connectivity index (χ3n) is 2.31. The second-order valence-corrected chi connectivity index (χ2v) is 3.57. The van der Waals surface area contributed by atoms with Gasteiger partial charge in [-0.15, -0.1) is 0 Å². The number of ketones is 1. The van der Waals surface area contributed by atoms with Crippen molar-refractivity contribution < 1.29 is 4.79 Å². The van der Waals surface area contributed by atoms with Crippen molar-refractivity contribution in [2.75, 3.05) is 0 Å². The van der Waals surface area contributed by atoms with Crippen LogP contribution in [0.15, 0.2) is 23.8 Å². The maximum atomic E-state index is 11.2. The maximum Gasteiger partial charge on any atom is 0.155 e. The van der Waals surface area contributed by atoms with Gasteiger partial charge < -0.3 is 0 Å². The van der Waals surface area contributed by atoms with Crippen LogP contribution < -0.4 is 0 Å². The molecule has 1 rings (SSSR count). The van der Waals surface area contributed by atoms with Gasteiger partial charge in [-0.1, -0.05) is 24.6 Å². The summed E-state index contributed by atoms with van der Waals surface area (Å²) in [7, 11) is 0. The molecule has 0 spiro atoms. The van der Waals surface area contributed by atoms with Crippen LogP contribution in [0.25, 0.3) is 0 Å². The Bertz CT molecular complexity index is 223. The van der Waals surface area contributed by atoms with Gasteiger partial charge in [-0.2, -0.15) is 0 Å². The van der Waals surface area contributed by atoms with Gasteiger partial charge in [-0.3, -0.25) is 4.79 Å². The molecule has 1 aliphatic carbocycles. The SMILES string of the molecule is CCCC(=O)/C=C/C1=CCCCC1. The summed E-state index contributed by atoms with van der Waals surface area (Å²) in [5, 5.41) is 0. The Morgan fingerprint density at radius 1 is 1.54 bits per heavy atom. The van der Waals surface area contributed by atoms with Crippen LogP contribution >= 0.6 is 0 Å². The van der Waals surface area contributed by atoms with Crippen LogP contribution in [-0.2, 0) is 4.79 Å². The third-order valence-corrected chi connectivity index (χ3v) is 2.31. The van der Waals surface area contributed by atoms with Gasteiger partial charge in [0, 0.05) is 6.42 Å². The number of rotatable bonds is 4. The average molecular weight is 178 g/mol. The van der Waals surface area contributed by atoms with Crippen LogP contribution in [0.4, 0.5) is 0 Å². The summed E-state index contributed by atoms with van der Waals surface area (Å²) in [6.07, 6.45) is 12.5. The summed E-state index contributed by atoms with van der Waals surface area (Å²) in [6, 6.07) is 0. The van der Waals surface area contributed by atoms with Gasteiger partial charge in [0.05, 0.1) is 0 Å². The predicted octanol–water partition coefficient (Wildman–Crippen LogP) is 3.41. The van der Waals surface area contributed by atoms with Crippen LogP contribution in [0.3, 0.4) is 0 Å². The van der Waals surface area contributed by atoms with Crippen molar-refractivity contribution in [3.05, 3.63) is 23.8 Å². The highest BCUT2D eigenvalue weighted by molar-refractivity contribution is 5.89. The molecule has 0 radical (unpaired) electrons. The van der Waals surface area contributed by atoms with Gasteiger partial charge in [0.2, 0.25) is 0 Å². The Hall–Kier alpha value is -0.850. The first-order chi connectivity index (χ1) is 6.33. The second kappa shape index (κ2) is 5.74. The molecule has 0 unspecified atom stereocenters. The highest BCUT2D eigenvalue weighted by atomic mass is 16.1. The first-order valence-corrected chi connectivity index (χ1v) is 5.23. The Morgan fingerprint density at radius 3 is 3.00 bits per heavy atom. The molecule has 0 aromatic rings. The van der Waals surface area contributed by atoms with E-state index in [0.717, 1.165) is 12.8 Å². The molecule has 1 aliphatic rings. The van der Waals surface area contributed by atoms with Crippen LogP contribution in [0.1, 0.15) is 45.4 Å². The Labute approximate surface area is 80.5 Å². The van der Waals surface area contributed by atoms with Gasteiger partial charge in [0.25, 0.3) is 0 Å². The lowest BCUT2D eigenvalue weighted by Gasteiger charge is -2.07. The Kier molecular flexibility index (Phi) is 4.52. The summed E-state index contributed by atoms with van der Waals surface area (Å²) in [5.41, 5.74) is 1.34. The molecular weight excluding hydrogens is 160 g/mol. The number of hydrogen-bond acceptors (Lipinski definition) is 1. The molecular formula is C12H18O. The number of carbonyl (C=O) groups is 1. The minimum atomic E-state index is 0.258. The van der Waals surface area contributed by atoms with E-state index in [-0.39, 0.29) is 5.78 Å². The van der Waals surface area contributed by atoms with Crippen molar-refractivity contribution in [1.29, 1.82) is 0 Å². The molecule has 0 heterocycles. The fourth-order valence-electron chi connectivity index (χ4n) is 1.54. The number of hydrogen-bond donors (Lipinski definition) is 0. The quantitative estimate of drug-likeness (QED) is 0.603. The normalized spacial score (nSPS) is 17.5. The zero-order valence-electron chi connectivity index (χ0n) is 8.38. The molecule has 0 atom stereocenters. The smallest absolute Gasteiger partial charge is 0.155 e. The van der Waals surface area contributed by atoms with E-state index in [1.165, 1.54) is 24.8 Å². The third kappa shape index (κ3) is 4.07. The zero-order valence-corrected chi connectivity index (χ0v) is 8.38. The van der Waals surface area contributed by atoms with Gasteiger partial charge in [-0.25, -0.2) is 0 Å². The summed E-state index contributed by atoms with van der Waals surface area (Å²) < 4.78 is 0. The summed E-state index contributed by atoms with van der Waals surface area (Å²) in [4.78, 5) is 11.2. The molecule has 0 aliphatic heterocycles. The zero-order chi connectivity index (χ0) is 9.52. The van der Waals surface area contributed by atoms with Crippen molar-refractivity contribution in [3.63, 3.8) is 0 Å². The van der Waals surface area contributed by atoms with E-state index in [9.17, 15) is 4.79 Å². The summed E-state index contributed by atoms with van der Waals surface area (Å²) >= 11 is 0. The van der Waals surface area contributed by atoms with Gasteiger partial charge in [-0.05, 0) is 38.2 Å². The highest BCUT2D eigenvalue weighted by Gasteiger charge is 2.00. The van der Waals surface area contributed by atoms with E-state index in [0.29, 0.717) is 6.42 Å². The molecule has 0 N–H and O–H groups in total. The lowest BCUT2D eigenvalue weighted by Crippen LogP contribution is -1.93. The molecule has 0 aromatic carbocycles. The molecule has 0 bridgehead atoms. The van der Waals surface area contributed by atoms with E-state index in [4.69, 9.17) is 0 Å². The van der Waals surface area contributed by atoms with Crippen molar-refractivity contribution in [2.24, 2.45) is 0 Å². The van der Waals surface area contributed by atoms with Crippen LogP contribution in [0, 0.1) is 0 Å². The van der Waals surface area contributed by atoms with Crippen molar-refractivity contribution in [3.8, 4) is 0 Å². The molecule has 1 heteroatoms. The van der Waals surface area contributed by atoms with E-state index < -0.39 is 0 Å². The van der Waals surface area contributed by atoms with Gasteiger partial charge >= 0.3 is 0 Å². The van der Waals surface area contributed by atoms with Crippen molar-refractivity contribution >= 4 is 5.78 Å². The topological polar surface area (TPSA) is 17.1 Å². The first-order valence-electron chi connectivity index (χ1n) is 5.23. The molecule has 72 valence electrons. The fraction of sp³-hybridized carbons (Fsp3) is 0.583. The summed E-state index contributed by atoms with van der Waals surface area (Å²) in [5.74, 6) is 0.258. The van der Waals surface area contributed by atoms with Gasteiger partial charge in [0.1, 0.15) is 0 Å². The van der Waals surface area contributed by atoms with E-state index >= 15 is 0 Å². The monoisotopic (exact) mass is 178 g/mol. The van der Waals surface area contributed by atoms with E-state index in [2.05, 4.69) is 6.08 Å². The number of allylic oxidation sites excluding steroid dienone is 4. The highest BCUT2D eigenvalue weighted by Crippen LogP contribution is 2.18. The van der Waals surface area contributed by atoms with Crippen molar-refractivity contribution in [1.82, 2.24) is 0 Å². The molecule has 0 amide bonds. The van der Waals surface area contributed by atoms with E-state index in [1.54, 1.807) is 6.08 Å². The molecule has 13 heavy (non-hydrogen) atoms. The summed E-state index contributed by atoms with van der Waals surface area (Å²) in [6.45, 7) is 2.03. The molecule has 1 nitrogen and oxygen atoms in total. The molecule has 0 fully saturated rings. The van der Waals surface area contributed by atoms with Crippen LogP contribution in [0.5, 0.6) is 0 Å². The lowest BCUT2D eigenvalue weighted by atomic mass is 9.99. The Balaban J connectivity index is 2.37. The standard InChI is InChI=1S/C12H18O/c1-2-6-12(13)10-9-11-7-4-3-5-8-11/h7,9-10H,2-6,8H2,1H3/b10-9+. The van der Waals surface area contributed by atoms with Crippen molar-refractivity contribution in [2.45, 2.75) is 45.4 Å². The van der Waals surface area contributed by atoms with Crippen LogP contribution in [-0.4, -0.2) is 5.78 Å².